The smallest absolute Gasteiger partial charge is 0.273 e. The van der Waals surface area contributed by atoms with Gasteiger partial charge in [-0.05, 0) is 18.6 Å². The molecule has 0 aromatic carbocycles. The molecule has 1 N–H and O–H groups in total. The van der Waals surface area contributed by atoms with Gasteiger partial charge < -0.3 is 9.88 Å². The molecular formula is C10H16N2O. The van der Waals surface area contributed by atoms with Crippen molar-refractivity contribution in [3.8, 4) is 0 Å². The predicted octanol–water partition coefficient (Wildman–Crippen LogP) is 1.69. The first-order valence-electron chi connectivity index (χ1n) is 4.66. The molecule has 1 rings (SSSR count). The van der Waals surface area contributed by atoms with Crippen molar-refractivity contribution < 1.29 is 0 Å². The van der Waals surface area contributed by atoms with Gasteiger partial charge in [-0.15, -0.1) is 0 Å². The first-order chi connectivity index (χ1) is 6.29. The first-order valence-corrected chi connectivity index (χ1v) is 4.66. The molecule has 0 unspecified atom stereocenters. The molecule has 0 aliphatic rings. The maximum absolute atomic E-state index is 11.6. The van der Waals surface area contributed by atoms with Crippen LogP contribution in [-0.2, 0) is 6.54 Å². The minimum Gasteiger partial charge on any atom is -0.384 e. The van der Waals surface area contributed by atoms with Gasteiger partial charge in [-0.3, -0.25) is 4.79 Å². The van der Waals surface area contributed by atoms with E-state index >= 15 is 0 Å². The molecule has 72 valence electrons. The number of rotatable bonds is 4. The summed E-state index contributed by atoms with van der Waals surface area (Å²) in [7, 11) is 1.76. The lowest BCUT2D eigenvalue weighted by Crippen LogP contribution is -2.21. The Bertz CT molecular complexity index is 317. The normalized spacial score (nSPS) is 10.0. The van der Waals surface area contributed by atoms with E-state index in [1.54, 1.807) is 17.7 Å². The number of nitrogens with zero attached hydrogens (tertiary/aromatic N) is 1. The second kappa shape index (κ2) is 4.70. The van der Waals surface area contributed by atoms with Gasteiger partial charge in [0.1, 0.15) is 5.69 Å². The summed E-state index contributed by atoms with van der Waals surface area (Å²) in [6.07, 6.45) is 3.99. The van der Waals surface area contributed by atoms with Gasteiger partial charge in [0.25, 0.3) is 5.56 Å². The van der Waals surface area contributed by atoms with E-state index in [4.69, 9.17) is 0 Å². The lowest BCUT2D eigenvalue weighted by molar-refractivity contribution is 0.614. The Hall–Kier alpha value is -1.25. The third-order valence-corrected chi connectivity index (χ3v) is 2.04. The summed E-state index contributed by atoms with van der Waals surface area (Å²) in [6.45, 7) is 2.93. The van der Waals surface area contributed by atoms with Crippen LogP contribution in [0, 0.1) is 0 Å². The topological polar surface area (TPSA) is 34.0 Å². The molecule has 0 saturated carbocycles. The molecule has 3 heteroatoms. The van der Waals surface area contributed by atoms with Gasteiger partial charge >= 0.3 is 0 Å². The number of pyridine rings is 1. The summed E-state index contributed by atoms with van der Waals surface area (Å²) in [6, 6.07) is 3.69. The number of unbranched alkanes of at least 4 members (excludes halogenated alkanes) is 1. The van der Waals surface area contributed by atoms with Crippen molar-refractivity contribution in [2.75, 3.05) is 12.4 Å². The van der Waals surface area contributed by atoms with Gasteiger partial charge in [-0.2, -0.15) is 0 Å². The highest BCUT2D eigenvalue weighted by atomic mass is 16.1. The van der Waals surface area contributed by atoms with Crippen molar-refractivity contribution in [1.29, 1.82) is 0 Å². The average molecular weight is 180 g/mol. The summed E-state index contributed by atoms with van der Waals surface area (Å²) in [5.74, 6) is 0. The van der Waals surface area contributed by atoms with Crippen LogP contribution in [0.4, 0.5) is 5.69 Å². The number of anilines is 1. The van der Waals surface area contributed by atoms with Crippen molar-refractivity contribution in [3.63, 3.8) is 0 Å². The lowest BCUT2D eigenvalue weighted by atomic mass is 10.3. The van der Waals surface area contributed by atoms with Crippen molar-refractivity contribution >= 4 is 5.69 Å². The van der Waals surface area contributed by atoms with E-state index in [2.05, 4.69) is 12.2 Å². The van der Waals surface area contributed by atoms with E-state index in [9.17, 15) is 4.79 Å². The molecule has 0 aliphatic carbocycles. The van der Waals surface area contributed by atoms with Crippen molar-refractivity contribution in [2.45, 2.75) is 26.3 Å². The third-order valence-electron chi connectivity index (χ3n) is 2.04. The third kappa shape index (κ3) is 2.34. The van der Waals surface area contributed by atoms with Crippen LogP contribution in [0.2, 0.25) is 0 Å². The van der Waals surface area contributed by atoms with Gasteiger partial charge in [-0.1, -0.05) is 13.3 Å². The maximum Gasteiger partial charge on any atom is 0.273 e. The Morgan fingerprint density at radius 3 is 2.92 bits per heavy atom. The summed E-state index contributed by atoms with van der Waals surface area (Å²) in [5, 5.41) is 2.88. The summed E-state index contributed by atoms with van der Waals surface area (Å²) < 4.78 is 1.75. The van der Waals surface area contributed by atoms with Crippen LogP contribution >= 0.6 is 0 Å². The number of aromatic nitrogens is 1. The van der Waals surface area contributed by atoms with E-state index in [1.807, 2.05) is 12.3 Å². The molecule has 0 fully saturated rings. The molecule has 3 nitrogen and oxygen atoms in total. The summed E-state index contributed by atoms with van der Waals surface area (Å²) in [4.78, 5) is 11.6. The fourth-order valence-corrected chi connectivity index (χ4v) is 1.23. The van der Waals surface area contributed by atoms with E-state index < -0.39 is 0 Å². The van der Waals surface area contributed by atoms with E-state index in [0.29, 0.717) is 5.69 Å². The fourth-order valence-electron chi connectivity index (χ4n) is 1.23. The van der Waals surface area contributed by atoms with Crippen LogP contribution in [0.3, 0.4) is 0 Å². The molecule has 0 aliphatic heterocycles. The zero-order valence-corrected chi connectivity index (χ0v) is 8.21. The summed E-state index contributed by atoms with van der Waals surface area (Å²) in [5.41, 5.74) is 0.733. The molecule has 0 spiro atoms. The Balaban J connectivity index is 2.88. The number of hydrogen-bond acceptors (Lipinski definition) is 2. The van der Waals surface area contributed by atoms with E-state index in [1.165, 1.54) is 0 Å². The van der Waals surface area contributed by atoms with Crippen molar-refractivity contribution in [2.24, 2.45) is 0 Å². The second-order valence-corrected chi connectivity index (χ2v) is 3.02. The Kier molecular flexibility index (Phi) is 3.55. The van der Waals surface area contributed by atoms with Gasteiger partial charge in [0.15, 0.2) is 0 Å². The highest BCUT2D eigenvalue weighted by molar-refractivity contribution is 5.39. The summed E-state index contributed by atoms with van der Waals surface area (Å²) >= 11 is 0. The highest BCUT2D eigenvalue weighted by Crippen LogP contribution is 1.98. The van der Waals surface area contributed by atoms with Gasteiger partial charge in [0, 0.05) is 19.8 Å². The van der Waals surface area contributed by atoms with E-state index in [-0.39, 0.29) is 5.56 Å². The molecule has 0 bridgehead atoms. The minimum atomic E-state index is 0.0680. The number of hydrogen-bond donors (Lipinski definition) is 1. The fraction of sp³-hybridized carbons (Fsp3) is 0.500. The molecule has 1 aromatic heterocycles. The minimum absolute atomic E-state index is 0.0680. The SMILES string of the molecule is CCCCn1cccc(NC)c1=O. The monoisotopic (exact) mass is 180 g/mol. The zero-order chi connectivity index (χ0) is 9.68. The molecule has 1 heterocycles. The van der Waals surface area contributed by atoms with Gasteiger partial charge in [-0.25, -0.2) is 0 Å². The van der Waals surface area contributed by atoms with Crippen LogP contribution in [0.5, 0.6) is 0 Å². The van der Waals surface area contributed by atoms with Crippen molar-refractivity contribution in [1.82, 2.24) is 4.57 Å². The number of aryl methyl sites for hydroxylation is 1. The molecule has 0 atom stereocenters. The van der Waals surface area contributed by atoms with Crippen LogP contribution < -0.4 is 10.9 Å². The molecule has 0 radical (unpaired) electrons. The van der Waals surface area contributed by atoms with Crippen LogP contribution in [0.15, 0.2) is 23.1 Å². The second-order valence-electron chi connectivity index (χ2n) is 3.02. The highest BCUT2D eigenvalue weighted by Gasteiger charge is 1.99. The Morgan fingerprint density at radius 2 is 2.31 bits per heavy atom. The van der Waals surface area contributed by atoms with Crippen molar-refractivity contribution in [3.05, 3.63) is 28.7 Å². The molecule has 13 heavy (non-hydrogen) atoms. The van der Waals surface area contributed by atoms with Gasteiger partial charge in [0.2, 0.25) is 0 Å². The Labute approximate surface area is 78.4 Å². The molecule has 0 amide bonds. The standard InChI is InChI=1S/C10H16N2O/c1-3-4-7-12-8-5-6-9(11-2)10(12)13/h5-6,8,11H,3-4,7H2,1-2H3. The van der Waals surface area contributed by atoms with Crippen LogP contribution in [-0.4, -0.2) is 11.6 Å². The molecule has 1 aromatic rings. The zero-order valence-electron chi connectivity index (χ0n) is 8.21. The predicted molar refractivity (Wildman–Crippen MR) is 55.2 cm³/mol. The average Bonchev–Trinajstić information content (AvgIpc) is 2.16. The first kappa shape index (κ1) is 9.84. The lowest BCUT2D eigenvalue weighted by Gasteiger charge is -2.06. The quantitative estimate of drug-likeness (QED) is 0.765. The van der Waals surface area contributed by atoms with E-state index in [0.717, 1.165) is 19.4 Å². The van der Waals surface area contributed by atoms with Crippen LogP contribution in [0.25, 0.3) is 0 Å². The van der Waals surface area contributed by atoms with Crippen LogP contribution in [0.1, 0.15) is 19.8 Å². The maximum atomic E-state index is 11.6. The number of nitrogens with one attached hydrogen (secondary N) is 1. The molecular weight excluding hydrogens is 164 g/mol. The largest absolute Gasteiger partial charge is 0.384 e. The molecule has 0 saturated heterocycles. The van der Waals surface area contributed by atoms with Gasteiger partial charge in [0.05, 0.1) is 0 Å². The Morgan fingerprint density at radius 1 is 1.54 bits per heavy atom.